The molecule has 0 aliphatic heterocycles. The van der Waals surface area contributed by atoms with Crippen LogP contribution in [0.5, 0.6) is 11.6 Å². The maximum Gasteiger partial charge on any atom is 0.418 e. The number of nitrogens with zero attached hydrogens (tertiary/aromatic N) is 2. The first-order chi connectivity index (χ1) is 15.9. The lowest BCUT2D eigenvalue weighted by atomic mass is 10.0. The van der Waals surface area contributed by atoms with E-state index in [-0.39, 0.29) is 22.0 Å². The van der Waals surface area contributed by atoms with Crippen molar-refractivity contribution >= 4 is 23.0 Å². The predicted molar refractivity (Wildman–Crippen MR) is 113 cm³/mol. The third kappa shape index (κ3) is 5.43. The molecule has 13 heteroatoms. The van der Waals surface area contributed by atoms with Gasteiger partial charge in [0.15, 0.2) is 11.6 Å². The molecule has 3 rings (SSSR count). The second-order valence-corrected chi connectivity index (χ2v) is 8.25. The van der Waals surface area contributed by atoms with Crippen LogP contribution in [0, 0.1) is 25.6 Å². The Bertz CT molecular complexity index is 1240. The fraction of sp³-hybridized carbons (Fsp3) is 0.190. The maximum atomic E-state index is 14.0. The van der Waals surface area contributed by atoms with Gasteiger partial charge in [0.05, 0.1) is 22.6 Å². The largest absolute Gasteiger partial charge is 0.593 e. The van der Waals surface area contributed by atoms with Crippen molar-refractivity contribution in [1.82, 2.24) is 14.7 Å². The van der Waals surface area contributed by atoms with E-state index in [0.29, 0.717) is 6.20 Å². The van der Waals surface area contributed by atoms with E-state index in [9.17, 15) is 31.3 Å². The Labute approximate surface area is 193 Å². The summed E-state index contributed by atoms with van der Waals surface area (Å²) in [6.45, 7) is 2.46. The van der Waals surface area contributed by atoms with E-state index in [4.69, 9.17) is 4.74 Å². The lowest BCUT2D eigenvalue weighted by Gasteiger charge is -2.17. The van der Waals surface area contributed by atoms with Gasteiger partial charge in [-0.25, -0.2) is 14.4 Å². The van der Waals surface area contributed by atoms with Crippen molar-refractivity contribution < 1.29 is 36.0 Å². The van der Waals surface area contributed by atoms with E-state index in [1.54, 1.807) is 0 Å². The number of alkyl halides is 3. The number of halogens is 5. The van der Waals surface area contributed by atoms with Crippen LogP contribution in [-0.2, 0) is 17.5 Å². The van der Waals surface area contributed by atoms with Crippen LogP contribution < -0.4 is 14.8 Å². The molecular weight excluding hydrogens is 483 g/mol. The minimum absolute atomic E-state index is 0.0319. The molecule has 0 saturated carbocycles. The minimum Gasteiger partial charge on any atom is -0.593 e. The average Bonchev–Trinajstić information content (AvgIpc) is 2.75. The number of carbonyl (C=O) groups is 1. The first kappa shape index (κ1) is 25.3. The molecule has 34 heavy (non-hydrogen) atoms. The maximum absolute atomic E-state index is 14.0. The van der Waals surface area contributed by atoms with Gasteiger partial charge >= 0.3 is 6.18 Å². The molecule has 0 fully saturated rings. The van der Waals surface area contributed by atoms with E-state index < -0.39 is 57.8 Å². The normalized spacial score (nSPS) is 12.4. The monoisotopic (exact) mass is 500 g/mol. The number of rotatable bonds is 6. The highest BCUT2D eigenvalue weighted by Crippen LogP contribution is 2.37. The molecule has 0 aliphatic carbocycles. The lowest BCUT2D eigenvalue weighted by molar-refractivity contribution is -0.138. The van der Waals surface area contributed by atoms with E-state index in [2.05, 4.69) is 20.0 Å². The molecule has 0 spiro atoms. The highest BCUT2D eigenvalue weighted by atomic mass is 32.2. The number of aryl methyl sites for hydroxylation is 1. The summed E-state index contributed by atoms with van der Waals surface area (Å²) in [5.74, 6) is -3.18. The Morgan fingerprint density at radius 1 is 1.15 bits per heavy atom. The van der Waals surface area contributed by atoms with E-state index in [1.807, 2.05) is 0 Å². The molecule has 2 aromatic heterocycles. The van der Waals surface area contributed by atoms with Crippen LogP contribution in [-0.4, -0.2) is 27.5 Å². The number of nitrogens with one attached hydrogen (secondary N) is 2. The van der Waals surface area contributed by atoms with Gasteiger partial charge in [0.25, 0.3) is 5.91 Å². The van der Waals surface area contributed by atoms with Crippen LogP contribution >= 0.6 is 0 Å². The zero-order chi connectivity index (χ0) is 25.2. The Kier molecular flexibility index (Phi) is 7.38. The summed E-state index contributed by atoms with van der Waals surface area (Å²) in [6.07, 6.45) is -4.30. The van der Waals surface area contributed by atoms with Crippen LogP contribution in [0.15, 0.2) is 41.4 Å². The van der Waals surface area contributed by atoms with Crippen LogP contribution in [0.1, 0.15) is 27.2 Å². The molecule has 0 bridgehead atoms. The molecule has 1 aromatic carbocycles. The van der Waals surface area contributed by atoms with Gasteiger partial charge in [-0.15, -0.1) is 4.72 Å². The summed E-state index contributed by atoms with van der Waals surface area (Å²) in [7, 11) is 1.33. The van der Waals surface area contributed by atoms with Gasteiger partial charge in [0.1, 0.15) is 5.56 Å². The van der Waals surface area contributed by atoms with Gasteiger partial charge in [-0.2, -0.15) is 17.6 Å². The minimum atomic E-state index is -4.81. The molecule has 7 nitrogen and oxygen atoms in total. The number of hydrogen-bond donors (Lipinski definition) is 2. The van der Waals surface area contributed by atoms with Crippen LogP contribution in [0.3, 0.4) is 0 Å². The third-order valence-electron chi connectivity index (χ3n) is 4.62. The van der Waals surface area contributed by atoms with Crippen molar-refractivity contribution in [2.24, 2.45) is 0 Å². The standard InChI is InChI=1S/C21H17F5N4O3S/c1-10-13(21(24,25)26)9-28-20(33-15-6-7-17(23)29-11(15)2)18(10)19(31)30-12-4-5-14(22)16(8-12)34(32)27-3/h4-9,27H,1-3H3,(H,30,31)/t34-/m0/s1. The van der Waals surface area contributed by atoms with Gasteiger partial charge in [-0.3, -0.25) is 4.79 Å². The van der Waals surface area contributed by atoms with E-state index in [1.165, 1.54) is 20.0 Å². The summed E-state index contributed by atoms with van der Waals surface area (Å²) in [5.41, 5.74) is -2.17. The number of pyridine rings is 2. The number of amides is 1. The number of hydrogen-bond acceptors (Lipinski definition) is 6. The van der Waals surface area contributed by atoms with Crippen molar-refractivity contribution in [3.63, 3.8) is 0 Å². The van der Waals surface area contributed by atoms with E-state index in [0.717, 1.165) is 31.2 Å². The van der Waals surface area contributed by atoms with Crippen LogP contribution in [0.25, 0.3) is 0 Å². The quantitative estimate of drug-likeness (QED) is 0.290. The van der Waals surface area contributed by atoms with Crippen LogP contribution in [0.2, 0.25) is 0 Å². The molecule has 1 amide bonds. The van der Waals surface area contributed by atoms with Gasteiger partial charge < -0.3 is 14.6 Å². The first-order valence-electron chi connectivity index (χ1n) is 9.50. The smallest absolute Gasteiger partial charge is 0.418 e. The predicted octanol–water partition coefficient (Wildman–Crippen LogP) is 4.68. The number of aromatic nitrogens is 2. The third-order valence-corrected chi connectivity index (χ3v) is 5.70. The second-order valence-electron chi connectivity index (χ2n) is 6.87. The molecule has 180 valence electrons. The summed E-state index contributed by atoms with van der Waals surface area (Å²) < 4.78 is 87.4. The Morgan fingerprint density at radius 3 is 2.47 bits per heavy atom. The molecule has 0 saturated heterocycles. The summed E-state index contributed by atoms with van der Waals surface area (Å²) in [6, 6.07) is 5.33. The highest BCUT2D eigenvalue weighted by molar-refractivity contribution is 7.89. The SMILES string of the molecule is CN[S@@+]([O-])c1cc(NC(=O)c2c(Oc3ccc(F)nc3C)ncc(C(F)(F)F)c2C)ccc1F. The molecule has 2 heterocycles. The van der Waals surface area contributed by atoms with Crippen LogP contribution in [0.4, 0.5) is 27.6 Å². The summed E-state index contributed by atoms with van der Waals surface area (Å²) >= 11 is -1.93. The fourth-order valence-corrected chi connectivity index (χ4v) is 3.67. The number of benzene rings is 1. The topological polar surface area (TPSA) is 99.2 Å². The second kappa shape index (κ2) is 9.91. The molecule has 0 radical (unpaired) electrons. The van der Waals surface area contributed by atoms with Crippen molar-refractivity contribution in [3.8, 4) is 11.6 Å². The molecule has 1 atom stereocenters. The molecule has 0 aliphatic rings. The van der Waals surface area contributed by atoms with Crippen molar-refractivity contribution in [1.29, 1.82) is 0 Å². The molecular formula is C21H17F5N4O3S. The van der Waals surface area contributed by atoms with Gasteiger partial charge in [-0.05, 0) is 43.7 Å². The number of carbonyl (C=O) groups excluding carboxylic acids is 1. The fourth-order valence-electron chi connectivity index (χ4n) is 2.97. The zero-order valence-electron chi connectivity index (χ0n) is 17.9. The average molecular weight is 500 g/mol. The Balaban J connectivity index is 2.06. The summed E-state index contributed by atoms with van der Waals surface area (Å²) in [5, 5.41) is 2.34. The van der Waals surface area contributed by atoms with Crippen molar-refractivity contribution in [3.05, 3.63) is 70.7 Å². The van der Waals surface area contributed by atoms with Gasteiger partial charge in [0.2, 0.25) is 16.7 Å². The van der Waals surface area contributed by atoms with Crippen molar-refractivity contribution in [2.75, 3.05) is 12.4 Å². The lowest BCUT2D eigenvalue weighted by Crippen LogP contribution is -2.21. The Hall–Kier alpha value is -3.29. The highest BCUT2D eigenvalue weighted by Gasteiger charge is 2.36. The van der Waals surface area contributed by atoms with Gasteiger partial charge in [0, 0.05) is 25.0 Å². The van der Waals surface area contributed by atoms with E-state index >= 15 is 0 Å². The number of anilines is 1. The number of ether oxygens (including phenoxy) is 1. The molecule has 2 N–H and O–H groups in total. The molecule has 0 unspecified atom stereocenters. The zero-order valence-corrected chi connectivity index (χ0v) is 18.7. The Morgan fingerprint density at radius 2 is 1.85 bits per heavy atom. The molecule has 3 aromatic rings. The first-order valence-corrected chi connectivity index (χ1v) is 10.6. The van der Waals surface area contributed by atoms with Gasteiger partial charge in [-0.1, -0.05) is 0 Å². The van der Waals surface area contributed by atoms with Crippen molar-refractivity contribution in [2.45, 2.75) is 24.9 Å². The summed E-state index contributed by atoms with van der Waals surface area (Å²) in [4.78, 5) is 20.0.